The molecule has 0 saturated carbocycles. The van der Waals surface area contributed by atoms with Gasteiger partial charge in [-0.3, -0.25) is 23.2 Å². The molecule has 0 bridgehead atoms. The lowest BCUT2D eigenvalue weighted by Crippen LogP contribution is -2.32. The Kier molecular flexibility index (Phi) is 6.69. The number of aromatic nitrogens is 2. The largest absolute Gasteiger partial charge is 0.506 e. The number of fused-ring (bicyclic) bond motifs is 2. The molecule has 200 valence electrons. The molecule has 0 fully saturated rings. The van der Waals surface area contributed by atoms with E-state index in [0.717, 1.165) is 11.3 Å². The fourth-order valence-corrected chi connectivity index (χ4v) is 7.28. The first-order valence-corrected chi connectivity index (χ1v) is 15.4. The fourth-order valence-electron chi connectivity index (χ4n) is 4.04. The number of benzene rings is 1. The van der Waals surface area contributed by atoms with E-state index in [2.05, 4.69) is 19.4 Å². The van der Waals surface area contributed by atoms with E-state index in [-0.39, 0.29) is 37.6 Å². The Balaban J connectivity index is 1.58. The van der Waals surface area contributed by atoms with Crippen molar-refractivity contribution in [2.75, 3.05) is 10.0 Å². The Bertz CT molecular complexity index is 1730. The maximum atomic E-state index is 13.6. The molecule has 5 N–H and O–H groups in total. The number of rotatable bonds is 7. The second kappa shape index (κ2) is 9.71. The summed E-state index contributed by atoms with van der Waals surface area (Å²) in [5.41, 5.74) is -0.187. The average molecular weight is 576 g/mol. The van der Waals surface area contributed by atoms with Crippen LogP contribution in [0.3, 0.4) is 0 Å². The molecule has 0 unspecified atom stereocenters. The normalized spacial score (nSPS) is 15.6. The van der Waals surface area contributed by atoms with Crippen LogP contribution in [0.5, 0.6) is 5.75 Å². The van der Waals surface area contributed by atoms with Crippen molar-refractivity contribution in [1.82, 2.24) is 9.55 Å². The second-order valence-corrected chi connectivity index (χ2v) is 13.6. The molecule has 4 aromatic rings. The molecule has 0 saturated heterocycles. The van der Waals surface area contributed by atoms with Crippen LogP contribution in [-0.4, -0.2) is 38.0 Å². The standard InChI is InChI=1S/C24H25N5O6S3/c1-14(2)9-11-29-23-16(5-3-10-25-23)21(30)20(24(29)31)22-26-17-8-7-15(13-18(17)37(32,33)28-22)27-38(34,35)19-6-4-12-36-19/h3-8,10,12-14,27,30,32-33H,9,11H2,1-2H3,(H,26,28). The molecule has 1 aromatic carbocycles. The Morgan fingerprint density at radius 2 is 1.97 bits per heavy atom. The third kappa shape index (κ3) is 4.76. The Morgan fingerprint density at radius 3 is 2.68 bits per heavy atom. The van der Waals surface area contributed by atoms with Crippen molar-refractivity contribution in [3.8, 4) is 5.75 Å². The molecule has 3 aromatic heterocycles. The first-order chi connectivity index (χ1) is 18.0. The van der Waals surface area contributed by atoms with Crippen molar-refractivity contribution in [1.29, 1.82) is 0 Å². The first kappa shape index (κ1) is 26.2. The first-order valence-electron chi connectivity index (χ1n) is 11.5. The predicted octanol–water partition coefficient (Wildman–Crippen LogP) is 4.91. The molecule has 0 aliphatic carbocycles. The number of aryl methyl sites for hydroxylation is 1. The van der Waals surface area contributed by atoms with Gasteiger partial charge >= 0.3 is 0 Å². The molecule has 11 nitrogen and oxygen atoms in total. The van der Waals surface area contributed by atoms with E-state index in [1.165, 1.54) is 35.0 Å². The summed E-state index contributed by atoms with van der Waals surface area (Å²) in [5, 5.41) is 15.9. The number of hydrogen-bond acceptors (Lipinski definition) is 10. The average Bonchev–Trinajstić information content (AvgIpc) is 3.40. The van der Waals surface area contributed by atoms with Crippen molar-refractivity contribution in [2.45, 2.75) is 35.9 Å². The molecular weight excluding hydrogens is 550 g/mol. The van der Waals surface area contributed by atoms with Gasteiger partial charge in [0.1, 0.15) is 26.1 Å². The molecule has 0 atom stereocenters. The van der Waals surface area contributed by atoms with Crippen molar-refractivity contribution in [3.63, 3.8) is 0 Å². The van der Waals surface area contributed by atoms with E-state index < -0.39 is 26.4 Å². The van der Waals surface area contributed by atoms with Gasteiger partial charge in [0.25, 0.3) is 15.6 Å². The van der Waals surface area contributed by atoms with Gasteiger partial charge in [0, 0.05) is 12.7 Å². The summed E-state index contributed by atoms with van der Waals surface area (Å²) in [7, 11) is -7.74. The van der Waals surface area contributed by atoms with E-state index in [9.17, 15) is 27.4 Å². The van der Waals surface area contributed by atoms with Crippen LogP contribution in [0.1, 0.15) is 25.8 Å². The summed E-state index contributed by atoms with van der Waals surface area (Å²) in [6.07, 6.45) is 2.21. The molecular formula is C24H25N5O6S3. The van der Waals surface area contributed by atoms with Crippen LogP contribution in [-0.2, 0) is 16.6 Å². The molecule has 1 aliphatic rings. The lowest BCUT2D eigenvalue weighted by Gasteiger charge is -2.34. The van der Waals surface area contributed by atoms with Crippen molar-refractivity contribution in [2.24, 2.45) is 10.3 Å². The summed E-state index contributed by atoms with van der Waals surface area (Å²) in [6, 6.07) is 10.5. The molecule has 5 rings (SSSR count). The highest BCUT2D eigenvalue weighted by Gasteiger charge is 2.31. The van der Waals surface area contributed by atoms with Crippen LogP contribution in [0.4, 0.5) is 11.4 Å². The molecule has 0 spiro atoms. The number of nitrogens with one attached hydrogen (secondary N) is 2. The summed E-state index contributed by atoms with van der Waals surface area (Å²) in [5.74, 6) is -0.298. The quantitative estimate of drug-likeness (QED) is 0.207. The van der Waals surface area contributed by atoms with Crippen LogP contribution >= 0.6 is 22.1 Å². The molecule has 1 aliphatic heterocycles. The summed E-state index contributed by atoms with van der Waals surface area (Å²) in [6.45, 7) is 4.39. The minimum Gasteiger partial charge on any atom is -0.506 e. The third-order valence-electron chi connectivity index (χ3n) is 5.92. The van der Waals surface area contributed by atoms with Gasteiger partial charge in [0.15, 0.2) is 5.84 Å². The summed E-state index contributed by atoms with van der Waals surface area (Å²) < 4.78 is 55.1. The van der Waals surface area contributed by atoms with Crippen molar-refractivity contribution in [3.05, 3.63) is 70.0 Å². The highest BCUT2D eigenvalue weighted by Crippen LogP contribution is 2.56. The van der Waals surface area contributed by atoms with Gasteiger partial charge < -0.3 is 10.4 Å². The number of anilines is 2. The van der Waals surface area contributed by atoms with Gasteiger partial charge in [-0.05, 0) is 54.1 Å². The van der Waals surface area contributed by atoms with E-state index >= 15 is 0 Å². The number of thiophene rings is 1. The minimum absolute atomic E-state index is 0.0605. The van der Waals surface area contributed by atoms with E-state index in [1.807, 2.05) is 13.8 Å². The van der Waals surface area contributed by atoms with Crippen LogP contribution < -0.4 is 15.6 Å². The highest BCUT2D eigenvalue weighted by atomic mass is 32.3. The molecule has 0 radical (unpaired) electrons. The van der Waals surface area contributed by atoms with Crippen LogP contribution in [0.25, 0.3) is 11.0 Å². The van der Waals surface area contributed by atoms with Crippen molar-refractivity contribution >= 4 is 60.4 Å². The van der Waals surface area contributed by atoms with Crippen LogP contribution in [0, 0.1) is 5.92 Å². The summed E-state index contributed by atoms with van der Waals surface area (Å²) in [4.78, 5) is 17.8. The number of sulfonamides is 1. The van der Waals surface area contributed by atoms with Gasteiger partial charge in [-0.25, -0.2) is 13.4 Å². The Hall–Kier alpha value is -3.43. The number of pyridine rings is 2. The van der Waals surface area contributed by atoms with Crippen LogP contribution in [0.2, 0.25) is 0 Å². The van der Waals surface area contributed by atoms with Gasteiger partial charge in [-0.1, -0.05) is 30.7 Å². The number of hydrogen-bond donors (Lipinski definition) is 5. The smallest absolute Gasteiger partial charge is 0.271 e. The predicted molar refractivity (Wildman–Crippen MR) is 150 cm³/mol. The zero-order valence-corrected chi connectivity index (χ0v) is 22.8. The zero-order valence-electron chi connectivity index (χ0n) is 20.3. The SMILES string of the molecule is CC(C)CCn1c(=O)c(C2=NS(O)(O)c3cc(NS(=O)(=O)c4cccs4)ccc3N2)c(O)c2cccnc21. The van der Waals surface area contributed by atoms with E-state index in [4.69, 9.17) is 0 Å². The third-order valence-corrected chi connectivity index (χ3v) is 10.1. The molecule has 14 heteroatoms. The van der Waals surface area contributed by atoms with E-state index in [0.29, 0.717) is 29.9 Å². The maximum Gasteiger partial charge on any atom is 0.271 e. The maximum absolute atomic E-state index is 13.6. The molecule has 4 heterocycles. The number of nitrogens with zero attached hydrogens (tertiary/aromatic N) is 3. The van der Waals surface area contributed by atoms with Crippen molar-refractivity contribution < 1.29 is 22.6 Å². The van der Waals surface area contributed by atoms with Gasteiger partial charge in [0.2, 0.25) is 0 Å². The minimum atomic E-state index is -3.88. The number of amidine groups is 1. The van der Waals surface area contributed by atoms with Gasteiger partial charge in [-0.15, -0.1) is 15.7 Å². The van der Waals surface area contributed by atoms with E-state index in [1.54, 1.807) is 23.6 Å². The topological polar surface area (TPSA) is 166 Å². The lowest BCUT2D eigenvalue weighted by atomic mass is 10.1. The highest BCUT2D eigenvalue weighted by molar-refractivity contribution is 8.23. The lowest BCUT2D eigenvalue weighted by molar-refractivity contribution is 0.473. The Labute approximate surface area is 224 Å². The molecule has 0 amide bonds. The van der Waals surface area contributed by atoms with Gasteiger partial charge in [-0.2, -0.15) is 0 Å². The number of aromatic hydroxyl groups is 1. The van der Waals surface area contributed by atoms with Gasteiger partial charge in [0.05, 0.1) is 16.8 Å². The monoisotopic (exact) mass is 575 g/mol. The zero-order chi connectivity index (χ0) is 27.2. The molecule has 38 heavy (non-hydrogen) atoms. The van der Waals surface area contributed by atoms with Crippen LogP contribution in [0.15, 0.2) is 72.3 Å². The Morgan fingerprint density at radius 1 is 1.18 bits per heavy atom. The fraction of sp³-hybridized carbons (Fsp3) is 0.208. The second-order valence-electron chi connectivity index (χ2n) is 9.07. The summed E-state index contributed by atoms with van der Waals surface area (Å²) >= 11 is 1.05.